The molecule has 4 aromatic rings. The van der Waals surface area contributed by atoms with Gasteiger partial charge in [-0.05, 0) is 55.0 Å². The molecule has 1 N–H and O–H groups in total. The maximum absolute atomic E-state index is 12.6. The predicted molar refractivity (Wildman–Crippen MR) is 118 cm³/mol. The molecule has 30 heavy (non-hydrogen) atoms. The smallest absolute Gasteiger partial charge is 0.261 e. The Hall–Kier alpha value is -3.32. The maximum atomic E-state index is 12.6. The molecule has 0 spiro atoms. The number of ether oxygens (including phenoxy) is 2. The molecule has 1 amide bonds. The van der Waals surface area contributed by atoms with Crippen LogP contribution in [0.1, 0.15) is 15.5 Å². The van der Waals surface area contributed by atoms with Crippen molar-refractivity contribution in [2.45, 2.75) is 13.5 Å². The Kier molecular flexibility index (Phi) is 4.88. The minimum atomic E-state index is -0.0640. The van der Waals surface area contributed by atoms with Gasteiger partial charge in [-0.3, -0.25) is 4.79 Å². The van der Waals surface area contributed by atoms with Crippen molar-refractivity contribution in [1.82, 2.24) is 14.9 Å². The first-order valence-electron chi connectivity index (χ1n) is 9.89. The van der Waals surface area contributed by atoms with Crippen molar-refractivity contribution in [2.24, 2.45) is 0 Å². The molecular weight excluding hydrogens is 398 g/mol. The summed E-state index contributed by atoms with van der Waals surface area (Å²) in [5.74, 6) is 2.40. The molecule has 5 rings (SSSR count). The fourth-order valence-electron chi connectivity index (χ4n) is 3.66. The third-order valence-electron chi connectivity index (χ3n) is 5.12. The molecule has 3 heterocycles. The lowest BCUT2D eigenvalue weighted by Gasteiger charge is -2.18. The van der Waals surface area contributed by atoms with Crippen molar-refractivity contribution < 1.29 is 14.3 Å². The maximum Gasteiger partial charge on any atom is 0.261 e. The van der Waals surface area contributed by atoms with Crippen LogP contribution in [0, 0.1) is 6.92 Å². The molecule has 0 saturated heterocycles. The van der Waals surface area contributed by atoms with E-state index in [2.05, 4.69) is 20.9 Å². The SMILES string of the molecule is Cc1nc2ccccc2n1CCNC(=O)c1ccc(-c2ccc3c(c2)OCCO3)s1. The Morgan fingerprint density at radius 2 is 1.93 bits per heavy atom. The van der Waals surface area contributed by atoms with Crippen LogP contribution in [0.4, 0.5) is 0 Å². The first kappa shape index (κ1) is 18.7. The van der Waals surface area contributed by atoms with Gasteiger partial charge in [0.25, 0.3) is 5.91 Å². The third kappa shape index (κ3) is 3.52. The lowest BCUT2D eigenvalue weighted by molar-refractivity contribution is 0.0956. The summed E-state index contributed by atoms with van der Waals surface area (Å²) in [7, 11) is 0. The van der Waals surface area contributed by atoms with Crippen molar-refractivity contribution >= 4 is 28.3 Å². The molecule has 0 fully saturated rings. The Labute approximate surface area is 178 Å². The fourth-order valence-corrected chi connectivity index (χ4v) is 4.58. The average Bonchev–Trinajstić information content (AvgIpc) is 3.38. The van der Waals surface area contributed by atoms with Crippen LogP contribution in [-0.4, -0.2) is 35.2 Å². The molecule has 6 nitrogen and oxygen atoms in total. The molecule has 2 aromatic carbocycles. The lowest BCUT2D eigenvalue weighted by Crippen LogP contribution is -2.26. The van der Waals surface area contributed by atoms with Crippen molar-refractivity contribution in [1.29, 1.82) is 0 Å². The minimum Gasteiger partial charge on any atom is -0.486 e. The molecule has 1 aliphatic rings. The number of hydrogen-bond acceptors (Lipinski definition) is 5. The van der Waals surface area contributed by atoms with Crippen LogP contribution < -0.4 is 14.8 Å². The molecule has 152 valence electrons. The molecule has 0 unspecified atom stereocenters. The molecule has 0 atom stereocenters. The molecule has 2 aromatic heterocycles. The van der Waals surface area contributed by atoms with Crippen LogP contribution in [0.25, 0.3) is 21.5 Å². The van der Waals surface area contributed by atoms with Gasteiger partial charge in [-0.15, -0.1) is 11.3 Å². The summed E-state index contributed by atoms with van der Waals surface area (Å²) in [6.45, 7) is 4.33. The van der Waals surface area contributed by atoms with E-state index in [9.17, 15) is 4.79 Å². The van der Waals surface area contributed by atoms with E-state index >= 15 is 0 Å². The number of imidazole rings is 1. The summed E-state index contributed by atoms with van der Waals surface area (Å²) in [5, 5.41) is 3.02. The molecule has 0 aliphatic carbocycles. The largest absolute Gasteiger partial charge is 0.486 e. The van der Waals surface area contributed by atoms with E-state index in [0.717, 1.165) is 38.8 Å². The second-order valence-corrected chi connectivity index (χ2v) is 8.16. The van der Waals surface area contributed by atoms with Gasteiger partial charge in [0, 0.05) is 18.0 Å². The summed E-state index contributed by atoms with van der Waals surface area (Å²) in [4.78, 5) is 18.9. The van der Waals surface area contributed by atoms with Gasteiger partial charge in [-0.1, -0.05) is 12.1 Å². The van der Waals surface area contributed by atoms with Gasteiger partial charge < -0.3 is 19.4 Å². The fraction of sp³-hybridized carbons (Fsp3) is 0.217. The van der Waals surface area contributed by atoms with Crippen LogP contribution in [0.15, 0.2) is 54.6 Å². The van der Waals surface area contributed by atoms with Gasteiger partial charge in [-0.25, -0.2) is 4.98 Å². The van der Waals surface area contributed by atoms with Gasteiger partial charge in [0.15, 0.2) is 11.5 Å². The predicted octanol–water partition coefficient (Wildman–Crippen LogP) is 4.27. The molecule has 0 radical (unpaired) electrons. The number of carbonyl (C=O) groups excluding carboxylic acids is 1. The third-order valence-corrected chi connectivity index (χ3v) is 6.26. The number of carbonyl (C=O) groups is 1. The molecule has 0 saturated carbocycles. The highest BCUT2D eigenvalue weighted by molar-refractivity contribution is 7.17. The van der Waals surface area contributed by atoms with Gasteiger partial charge in [0.2, 0.25) is 0 Å². The van der Waals surface area contributed by atoms with Gasteiger partial charge in [-0.2, -0.15) is 0 Å². The van der Waals surface area contributed by atoms with Gasteiger partial charge in [0.1, 0.15) is 19.0 Å². The highest BCUT2D eigenvalue weighted by atomic mass is 32.1. The number of aryl methyl sites for hydroxylation is 1. The number of para-hydroxylation sites is 2. The van der Waals surface area contributed by atoms with Crippen molar-refractivity contribution in [2.75, 3.05) is 19.8 Å². The van der Waals surface area contributed by atoms with Crippen LogP contribution in [-0.2, 0) is 6.54 Å². The minimum absolute atomic E-state index is 0.0640. The van der Waals surface area contributed by atoms with Crippen molar-refractivity contribution in [3.63, 3.8) is 0 Å². The van der Waals surface area contributed by atoms with Crippen molar-refractivity contribution in [3.05, 3.63) is 65.3 Å². The average molecular weight is 420 g/mol. The van der Waals surface area contributed by atoms with Gasteiger partial charge >= 0.3 is 0 Å². The van der Waals surface area contributed by atoms with E-state index in [0.29, 0.717) is 31.2 Å². The number of nitrogens with one attached hydrogen (secondary N) is 1. The van der Waals surface area contributed by atoms with Crippen LogP contribution >= 0.6 is 11.3 Å². The standard InChI is InChI=1S/C23H21N3O3S/c1-15-25-17-4-2-3-5-18(17)26(15)11-10-24-23(27)22-9-8-21(30-22)16-6-7-19-20(14-16)29-13-12-28-19/h2-9,14H,10-13H2,1H3,(H,24,27). The van der Waals surface area contributed by atoms with E-state index < -0.39 is 0 Å². The Morgan fingerprint density at radius 3 is 2.83 bits per heavy atom. The molecule has 1 aliphatic heterocycles. The lowest BCUT2D eigenvalue weighted by atomic mass is 10.1. The highest BCUT2D eigenvalue weighted by Gasteiger charge is 2.15. The Morgan fingerprint density at radius 1 is 1.10 bits per heavy atom. The monoisotopic (exact) mass is 419 g/mol. The Bertz CT molecular complexity index is 1230. The number of fused-ring (bicyclic) bond motifs is 2. The number of hydrogen-bond donors (Lipinski definition) is 1. The first-order valence-corrected chi connectivity index (χ1v) is 10.7. The van der Waals surface area contributed by atoms with Crippen LogP contribution in [0.3, 0.4) is 0 Å². The van der Waals surface area contributed by atoms with Gasteiger partial charge in [0.05, 0.1) is 15.9 Å². The number of thiophene rings is 1. The molecular formula is C23H21N3O3S. The second-order valence-electron chi connectivity index (χ2n) is 7.08. The first-order chi connectivity index (χ1) is 14.7. The summed E-state index contributed by atoms with van der Waals surface area (Å²) in [5.41, 5.74) is 3.08. The number of amides is 1. The quantitative estimate of drug-likeness (QED) is 0.525. The van der Waals surface area contributed by atoms with Crippen LogP contribution in [0.2, 0.25) is 0 Å². The molecule has 0 bridgehead atoms. The zero-order chi connectivity index (χ0) is 20.5. The van der Waals surface area contributed by atoms with E-state index in [-0.39, 0.29) is 5.91 Å². The number of benzene rings is 2. The Balaban J connectivity index is 1.25. The van der Waals surface area contributed by atoms with E-state index in [1.54, 1.807) is 0 Å². The highest BCUT2D eigenvalue weighted by Crippen LogP contribution is 2.36. The number of rotatable bonds is 5. The van der Waals surface area contributed by atoms with E-state index in [1.807, 2.05) is 55.5 Å². The summed E-state index contributed by atoms with van der Waals surface area (Å²) < 4.78 is 13.4. The van der Waals surface area contributed by atoms with Crippen LogP contribution in [0.5, 0.6) is 11.5 Å². The second kappa shape index (κ2) is 7.84. The van der Waals surface area contributed by atoms with Crippen molar-refractivity contribution in [3.8, 4) is 21.9 Å². The molecule has 7 heteroatoms. The zero-order valence-corrected chi connectivity index (χ0v) is 17.4. The normalized spacial score (nSPS) is 12.8. The number of nitrogens with zero attached hydrogens (tertiary/aromatic N) is 2. The topological polar surface area (TPSA) is 65.4 Å². The summed E-state index contributed by atoms with van der Waals surface area (Å²) in [6.07, 6.45) is 0. The summed E-state index contributed by atoms with van der Waals surface area (Å²) >= 11 is 1.47. The zero-order valence-electron chi connectivity index (χ0n) is 16.6. The number of aromatic nitrogens is 2. The van der Waals surface area contributed by atoms with E-state index in [4.69, 9.17) is 9.47 Å². The van der Waals surface area contributed by atoms with E-state index in [1.165, 1.54) is 11.3 Å². The summed E-state index contributed by atoms with van der Waals surface area (Å²) in [6, 6.07) is 17.8.